The molecule has 1 aromatic heterocycles. The van der Waals surface area contributed by atoms with E-state index in [2.05, 4.69) is 41.5 Å². The smallest absolute Gasteiger partial charge is 0.179 e. The van der Waals surface area contributed by atoms with Gasteiger partial charge in [0.25, 0.3) is 0 Å². The summed E-state index contributed by atoms with van der Waals surface area (Å²) in [4.78, 5) is 1.02. The third-order valence-electron chi connectivity index (χ3n) is 2.64. The van der Waals surface area contributed by atoms with Crippen LogP contribution >= 0.6 is 46.5 Å². The molecular weight excluding hydrogens is 342 g/mol. The summed E-state index contributed by atoms with van der Waals surface area (Å²) in [6.45, 7) is 6.25. The van der Waals surface area contributed by atoms with E-state index < -0.39 is 0 Å². The van der Waals surface area contributed by atoms with Crippen LogP contribution in [-0.4, -0.2) is 23.0 Å². The Balaban J connectivity index is 1.98. The van der Waals surface area contributed by atoms with Gasteiger partial charge in [0.05, 0.1) is 5.02 Å². The minimum atomic E-state index is 0.651. The molecule has 0 fully saturated rings. The zero-order valence-electron chi connectivity index (χ0n) is 12.2. The number of halogens is 1. The standard InChI is InChI=1S/C14H18ClN3S3/c1-9(2)7-16-8-10-4-5-12(11(15)6-10)20-14-18-17-13(19-3)21-14/h4-6,9,16H,7-8H2,1-3H3. The van der Waals surface area contributed by atoms with Crippen molar-refractivity contribution < 1.29 is 0 Å². The van der Waals surface area contributed by atoms with Gasteiger partial charge in [0.1, 0.15) is 0 Å². The molecule has 1 heterocycles. The predicted molar refractivity (Wildman–Crippen MR) is 93.8 cm³/mol. The van der Waals surface area contributed by atoms with Gasteiger partial charge >= 0.3 is 0 Å². The van der Waals surface area contributed by atoms with Crippen LogP contribution < -0.4 is 5.32 Å². The van der Waals surface area contributed by atoms with Gasteiger partial charge in [-0.05, 0) is 36.4 Å². The van der Waals surface area contributed by atoms with E-state index in [0.29, 0.717) is 5.92 Å². The number of nitrogens with one attached hydrogen (secondary N) is 1. The van der Waals surface area contributed by atoms with E-state index in [1.165, 1.54) is 5.56 Å². The lowest BCUT2D eigenvalue weighted by Gasteiger charge is -2.09. The molecular formula is C14H18ClN3S3. The van der Waals surface area contributed by atoms with Crippen LogP contribution in [0.1, 0.15) is 19.4 Å². The number of benzene rings is 1. The molecule has 0 aliphatic rings. The van der Waals surface area contributed by atoms with E-state index in [-0.39, 0.29) is 0 Å². The molecule has 114 valence electrons. The lowest BCUT2D eigenvalue weighted by atomic mass is 10.2. The number of thioether (sulfide) groups is 1. The number of nitrogens with zero attached hydrogens (tertiary/aromatic N) is 2. The lowest BCUT2D eigenvalue weighted by molar-refractivity contribution is 0.552. The highest BCUT2D eigenvalue weighted by Crippen LogP contribution is 2.36. The number of rotatable bonds is 7. The zero-order chi connectivity index (χ0) is 15.2. The summed E-state index contributed by atoms with van der Waals surface area (Å²) in [7, 11) is 0. The average molecular weight is 360 g/mol. The fourth-order valence-electron chi connectivity index (χ4n) is 1.66. The third kappa shape index (κ3) is 5.45. The number of hydrogen-bond acceptors (Lipinski definition) is 6. The Morgan fingerprint density at radius 1 is 1.29 bits per heavy atom. The predicted octanol–water partition coefficient (Wildman–Crippen LogP) is 4.81. The topological polar surface area (TPSA) is 37.8 Å². The quantitative estimate of drug-likeness (QED) is 0.718. The van der Waals surface area contributed by atoms with Gasteiger partial charge in [-0.1, -0.05) is 66.4 Å². The van der Waals surface area contributed by atoms with Crippen LogP contribution in [-0.2, 0) is 6.54 Å². The van der Waals surface area contributed by atoms with Crippen molar-refractivity contribution in [1.29, 1.82) is 0 Å². The molecule has 0 unspecified atom stereocenters. The fourth-order valence-corrected chi connectivity index (χ4v) is 4.37. The second-order valence-corrected chi connectivity index (χ2v) is 8.66. The Bertz CT molecular complexity index is 587. The Kier molecular flexibility index (Phi) is 6.82. The Hall–Kier alpha value is -0.270. The first-order valence-electron chi connectivity index (χ1n) is 6.63. The molecule has 21 heavy (non-hydrogen) atoms. The van der Waals surface area contributed by atoms with Gasteiger partial charge in [0, 0.05) is 11.4 Å². The van der Waals surface area contributed by atoms with Crippen molar-refractivity contribution >= 4 is 46.5 Å². The molecule has 1 aromatic carbocycles. The molecule has 1 N–H and O–H groups in total. The maximum absolute atomic E-state index is 6.36. The SMILES string of the molecule is CSc1nnc(Sc2ccc(CNCC(C)C)cc2Cl)s1. The molecule has 0 saturated carbocycles. The molecule has 0 radical (unpaired) electrons. The summed E-state index contributed by atoms with van der Waals surface area (Å²) in [5, 5.41) is 12.4. The maximum atomic E-state index is 6.36. The highest BCUT2D eigenvalue weighted by molar-refractivity contribution is 8.03. The van der Waals surface area contributed by atoms with Crippen LogP contribution in [0, 0.1) is 5.92 Å². The highest BCUT2D eigenvalue weighted by atomic mass is 35.5. The Labute approximate surface area is 143 Å². The van der Waals surface area contributed by atoms with Crippen LogP contribution in [0.15, 0.2) is 31.8 Å². The third-order valence-corrected chi connectivity index (χ3v) is 6.09. The van der Waals surface area contributed by atoms with Gasteiger partial charge in [0.15, 0.2) is 8.68 Å². The fraction of sp³-hybridized carbons (Fsp3) is 0.429. The van der Waals surface area contributed by atoms with Crippen molar-refractivity contribution in [2.24, 2.45) is 5.92 Å². The van der Waals surface area contributed by atoms with Gasteiger partial charge < -0.3 is 5.32 Å². The van der Waals surface area contributed by atoms with Crippen molar-refractivity contribution in [3.63, 3.8) is 0 Å². The second kappa shape index (κ2) is 8.39. The molecule has 2 aromatic rings. The number of hydrogen-bond donors (Lipinski definition) is 1. The summed E-state index contributed by atoms with van der Waals surface area (Å²) >= 11 is 11.1. The molecule has 0 amide bonds. The molecule has 7 heteroatoms. The van der Waals surface area contributed by atoms with Gasteiger partial charge in [-0.2, -0.15) is 0 Å². The summed E-state index contributed by atoms with van der Waals surface area (Å²) in [6, 6.07) is 6.19. The largest absolute Gasteiger partial charge is 0.312 e. The highest BCUT2D eigenvalue weighted by Gasteiger charge is 2.09. The van der Waals surface area contributed by atoms with E-state index in [1.54, 1.807) is 34.9 Å². The van der Waals surface area contributed by atoms with Gasteiger partial charge in [0.2, 0.25) is 0 Å². The van der Waals surface area contributed by atoms with Gasteiger partial charge in [-0.15, -0.1) is 10.2 Å². The Morgan fingerprint density at radius 3 is 2.67 bits per heavy atom. The van der Waals surface area contributed by atoms with Crippen molar-refractivity contribution in [1.82, 2.24) is 15.5 Å². The summed E-state index contributed by atoms with van der Waals surface area (Å²) in [6.07, 6.45) is 2.00. The molecule has 0 atom stereocenters. The lowest BCUT2D eigenvalue weighted by Crippen LogP contribution is -2.18. The Morgan fingerprint density at radius 2 is 2.05 bits per heavy atom. The minimum Gasteiger partial charge on any atom is -0.312 e. The average Bonchev–Trinajstić information content (AvgIpc) is 2.89. The molecule has 0 saturated heterocycles. The summed E-state index contributed by atoms with van der Waals surface area (Å²) in [5.41, 5.74) is 1.20. The van der Waals surface area contributed by atoms with E-state index in [9.17, 15) is 0 Å². The van der Waals surface area contributed by atoms with Crippen molar-refractivity contribution in [2.75, 3.05) is 12.8 Å². The van der Waals surface area contributed by atoms with Crippen molar-refractivity contribution in [3.05, 3.63) is 28.8 Å². The second-order valence-electron chi connectivity index (χ2n) is 4.93. The van der Waals surface area contributed by atoms with Crippen LogP contribution in [0.25, 0.3) is 0 Å². The van der Waals surface area contributed by atoms with Gasteiger partial charge in [-0.3, -0.25) is 0 Å². The number of aromatic nitrogens is 2. The molecule has 0 aliphatic heterocycles. The van der Waals surface area contributed by atoms with Crippen LogP contribution in [0.2, 0.25) is 5.02 Å². The molecule has 0 bridgehead atoms. The van der Waals surface area contributed by atoms with Crippen molar-refractivity contribution in [3.8, 4) is 0 Å². The van der Waals surface area contributed by atoms with E-state index in [4.69, 9.17) is 11.6 Å². The van der Waals surface area contributed by atoms with E-state index in [0.717, 1.165) is 31.7 Å². The molecule has 0 spiro atoms. The first-order chi connectivity index (χ1) is 10.1. The minimum absolute atomic E-state index is 0.651. The summed E-state index contributed by atoms with van der Waals surface area (Å²) < 4.78 is 1.90. The molecule has 2 rings (SSSR count). The normalized spacial score (nSPS) is 11.3. The van der Waals surface area contributed by atoms with Crippen molar-refractivity contribution in [2.45, 2.75) is 34.0 Å². The summed E-state index contributed by atoms with van der Waals surface area (Å²) in [5.74, 6) is 0.651. The monoisotopic (exact) mass is 359 g/mol. The zero-order valence-corrected chi connectivity index (χ0v) is 15.4. The molecule has 3 nitrogen and oxygen atoms in total. The van der Waals surface area contributed by atoms with E-state index in [1.807, 2.05) is 12.3 Å². The van der Waals surface area contributed by atoms with Crippen LogP contribution in [0.5, 0.6) is 0 Å². The van der Waals surface area contributed by atoms with Gasteiger partial charge in [-0.25, -0.2) is 0 Å². The first-order valence-corrected chi connectivity index (χ1v) is 9.86. The first kappa shape index (κ1) is 17.1. The maximum Gasteiger partial charge on any atom is 0.179 e. The van der Waals surface area contributed by atoms with E-state index >= 15 is 0 Å². The van der Waals surface area contributed by atoms with Crippen LogP contribution in [0.4, 0.5) is 0 Å². The van der Waals surface area contributed by atoms with Crippen LogP contribution in [0.3, 0.4) is 0 Å². The molecule has 0 aliphatic carbocycles.